The lowest BCUT2D eigenvalue weighted by Crippen LogP contribution is -2.55. The Bertz CT molecular complexity index is 990. The van der Waals surface area contributed by atoms with Gasteiger partial charge in [-0.2, -0.15) is 0 Å². The number of hydrogen-bond acceptors (Lipinski definition) is 3. The van der Waals surface area contributed by atoms with E-state index in [9.17, 15) is 13.2 Å². The van der Waals surface area contributed by atoms with Crippen molar-refractivity contribution in [2.24, 2.45) is 11.3 Å². The van der Waals surface area contributed by atoms with Crippen LogP contribution in [0.15, 0.2) is 42.5 Å². The molecule has 2 fully saturated rings. The fourth-order valence-electron chi connectivity index (χ4n) is 5.29. The van der Waals surface area contributed by atoms with Crippen LogP contribution >= 0.6 is 0 Å². The first-order valence-corrected chi connectivity index (χ1v) is 10.7. The van der Waals surface area contributed by atoms with Crippen LogP contribution in [0.1, 0.15) is 51.6 Å². The van der Waals surface area contributed by atoms with Gasteiger partial charge in [0, 0.05) is 12.5 Å². The maximum Gasteiger partial charge on any atom is 0.225 e. The predicted molar refractivity (Wildman–Crippen MR) is 103 cm³/mol. The van der Waals surface area contributed by atoms with Gasteiger partial charge in [-0.1, -0.05) is 56.3 Å². The summed E-state index contributed by atoms with van der Waals surface area (Å²) in [5.74, 6) is 0.0517. The molecule has 138 valence electrons. The standard InChI is InChI=1S/C21H25NO3S/c1-14(17-10-6-8-15-7-4-5-9-18(15)17)22-26(24,25)21-12-11-16(13-19(21)23)20(21,2)3/h4-10,14,16,22H,11-13H2,1-3H3/t14-,16-,21+/m1/s1. The quantitative estimate of drug-likeness (QED) is 0.884. The van der Waals surface area contributed by atoms with E-state index >= 15 is 0 Å². The zero-order chi connectivity index (χ0) is 18.7. The summed E-state index contributed by atoms with van der Waals surface area (Å²) in [5, 5.41) is 2.11. The molecule has 2 bridgehead atoms. The Kier molecular flexibility index (Phi) is 3.83. The Hall–Kier alpha value is -1.72. The molecule has 0 amide bonds. The lowest BCUT2D eigenvalue weighted by atomic mass is 9.81. The summed E-state index contributed by atoms with van der Waals surface area (Å²) in [6.07, 6.45) is 1.62. The number of rotatable bonds is 4. The second-order valence-corrected chi connectivity index (χ2v) is 10.3. The molecule has 2 aliphatic carbocycles. The lowest BCUT2D eigenvalue weighted by molar-refractivity contribution is -0.121. The summed E-state index contributed by atoms with van der Waals surface area (Å²) in [4.78, 5) is 12.7. The summed E-state index contributed by atoms with van der Waals surface area (Å²) in [5.41, 5.74) is 0.412. The molecular formula is C21H25NO3S. The maximum absolute atomic E-state index is 13.4. The van der Waals surface area contributed by atoms with E-state index in [0.29, 0.717) is 12.8 Å². The zero-order valence-electron chi connectivity index (χ0n) is 15.5. The SMILES string of the molecule is C[C@@H](NS(=O)(=O)[C@@]12CC[C@H](CC1=O)C2(C)C)c1cccc2ccccc12. The van der Waals surface area contributed by atoms with Gasteiger partial charge in [-0.3, -0.25) is 4.79 Å². The van der Waals surface area contributed by atoms with Gasteiger partial charge in [0.15, 0.2) is 5.78 Å². The molecule has 4 rings (SSSR count). The minimum absolute atomic E-state index is 0.114. The molecule has 0 radical (unpaired) electrons. The number of fused-ring (bicyclic) bond motifs is 3. The summed E-state index contributed by atoms with van der Waals surface area (Å²) < 4.78 is 28.4. The van der Waals surface area contributed by atoms with Gasteiger partial charge in [-0.05, 0) is 47.4 Å². The van der Waals surface area contributed by atoms with E-state index in [2.05, 4.69) is 4.72 Å². The van der Waals surface area contributed by atoms with Crippen molar-refractivity contribution < 1.29 is 13.2 Å². The first kappa shape index (κ1) is 17.7. The Morgan fingerprint density at radius 3 is 2.46 bits per heavy atom. The van der Waals surface area contributed by atoms with Crippen molar-refractivity contribution in [3.8, 4) is 0 Å². The highest BCUT2D eigenvalue weighted by atomic mass is 32.2. The zero-order valence-corrected chi connectivity index (χ0v) is 16.3. The number of benzene rings is 2. The van der Waals surface area contributed by atoms with Gasteiger partial charge < -0.3 is 0 Å². The van der Waals surface area contributed by atoms with Crippen LogP contribution in [0.5, 0.6) is 0 Å². The average molecular weight is 372 g/mol. The third kappa shape index (κ3) is 2.16. The predicted octanol–water partition coefficient (Wildman–Crippen LogP) is 3.97. The van der Waals surface area contributed by atoms with Gasteiger partial charge in [0.25, 0.3) is 0 Å². The van der Waals surface area contributed by atoms with Crippen molar-refractivity contribution in [3.63, 3.8) is 0 Å². The monoisotopic (exact) mass is 371 g/mol. The van der Waals surface area contributed by atoms with Crippen LogP contribution < -0.4 is 4.72 Å². The van der Waals surface area contributed by atoms with Crippen LogP contribution in [0.25, 0.3) is 10.8 Å². The Morgan fingerprint density at radius 1 is 1.12 bits per heavy atom. The van der Waals surface area contributed by atoms with Crippen LogP contribution in [0.2, 0.25) is 0 Å². The molecule has 26 heavy (non-hydrogen) atoms. The van der Waals surface area contributed by atoms with Crippen LogP contribution in [-0.4, -0.2) is 18.9 Å². The highest BCUT2D eigenvalue weighted by Gasteiger charge is 2.70. The molecule has 3 atom stereocenters. The highest BCUT2D eigenvalue weighted by molar-refractivity contribution is 7.91. The van der Waals surface area contributed by atoms with E-state index in [-0.39, 0.29) is 11.7 Å². The molecule has 0 unspecified atom stereocenters. The van der Waals surface area contributed by atoms with Crippen molar-refractivity contribution in [2.75, 3.05) is 0 Å². The number of ketones is 1. The van der Waals surface area contributed by atoms with Crippen LogP contribution in [0.4, 0.5) is 0 Å². The molecule has 0 saturated heterocycles. The van der Waals surface area contributed by atoms with Crippen LogP contribution in [0, 0.1) is 11.3 Å². The van der Waals surface area contributed by atoms with Gasteiger partial charge >= 0.3 is 0 Å². The van der Waals surface area contributed by atoms with E-state index in [1.165, 1.54) is 0 Å². The third-order valence-corrected chi connectivity index (χ3v) is 9.41. The Labute approximate surface area is 155 Å². The topological polar surface area (TPSA) is 63.2 Å². The Morgan fingerprint density at radius 2 is 1.81 bits per heavy atom. The summed E-state index contributed by atoms with van der Waals surface area (Å²) >= 11 is 0. The summed E-state index contributed by atoms with van der Waals surface area (Å²) in [7, 11) is -3.80. The van der Waals surface area contributed by atoms with E-state index in [1.54, 1.807) is 0 Å². The number of carbonyl (C=O) groups excluding carboxylic acids is 1. The van der Waals surface area contributed by atoms with Crippen LogP contribution in [-0.2, 0) is 14.8 Å². The van der Waals surface area contributed by atoms with Gasteiger partial charge in [-0.15, -0.1) is 0 Å². The minimum Gasteiger partial charge on any atom is -0.298 e. The van der Waals surface area contributed by atoms with Crippen molar-refractivity contribution in [1.82, 2.24) is 4.72 Å². The molecule has 1 N–H and O–H groups in total. The number of carbonyl (C=O) groups is 1. The molecule has 2 saturated carbocycles. The normalized spacial score (nSPS) is 28.6. The number of sulfonamides is 1. The largest absolute Gasteiger partial charge is 0.298 e. The smallest absolute Gasteiger partial charge is 0.225 e. The highest BCUT2D eigenvalue weighted by Crippen LogP contribution is 2.61. The first-order chi connectivity index (χ1) is 12.2. The number of Topliss-reactive ketones (excluding diaryl/α,β-unsaturated/α-hetero) is 1. The molecule has 0 aromatic heterocycles. The molecule has 0 heterocycles. The third-order valence-electron chi connectivity index (χ3n) is 6.87. The van der Waals surface area contributed by atoms with Crippen molar-refractivity contribution in [3.05, 3.63) is 48.0 Å². The van der Waals surface area contributed by atoms with Crippen molar-refractivity contribution in [2.45, 2.75) is 50.8 Å². The maximum atomic E-state index is 13.4. The molecule has 2 aliphatic rings. The molecule has 0 aliphatic heterocycles. The summed E-state index contributed by atoms with van der Waals surface area (Å²) in [6, 6.07) is 13.5. The second kappa shape index (κ2) is 5.64. The minimum atomic E-state index is -3.80. The fourth-order valence-corrected chi connectivity index (χ4v) is 7.71. The number of hydrogen-bond donors (Lipinski definition) is 1. The van der Waals surface area contributed by atoms with Crippen molar-refractivity contribution in [1.29, 1.82) is 0 Å². The molecule has 2 aromatic carbocycles. The average Bonchev–Trinajstić information content (AvgIpc) is 2.97. The van der Waals surface area contributed by atoms with Gasteiger partial charge in [-0.25, -0.2) is 13.1 Å². The second-order valence-electron chi connectivity index (χ2n) is 8.32. The van der Waals surface area contributed by atoms with Crippen molar-refractivity contribution >= 4 is 26.6 Å². The molecule has 4 nitrogen and oxygen atoms in total. The van der Waals surface area contributed by atoms with E-state index < -0.39 is 26.2 Å². The van der Waals surface area contributed by atoms with E-state index in [0.717, 1.165) is 22.8 Å². The van der Waals surface area contributed by atoms with Gasteiger partial charge in [0.2, 0.25) is 10.0 Å². The van der Waals surface area contributed by atoms with Crippen LogP contribution in [0.3, 0.4) is 0 Å². The summed E-state index contributed by atoms with van der Waals surface area (Å²) in [6.45, 7) is 5.74. The molecular weight excluding hydrogens is 346 g/mol. The molecule has 2 aromatic rings. The first-order valence-electron chi connectivity index (χ1n) is 9.23. The molecule has 5 heteroatoms. The lowest BCUT2D eigenvalue weighted by Gasteiger charge is -2.36. The van der Waals surface area contributed by atoms with E-state index in [1.807, 2.05) is 63.2 Å². The van der Waals surface area contributed by atoms with Gasteiger partial charge in [0.05, 0.1) is 0 Å². The molecule has 0 spiro atoms. The van der Waals surface area contributed by atoms with E-state index in [4.69, 9.17) is 0 Å². The Balaban J connectivity index is 1.73. The van der Waals surface area contributed by atoms with Gasteiger partial charge in [0.1, 0.15) is 4.75 Å². The fraction of sp³-hybridized carbons (Fsp3) is 0.476. The number of nitrogens with one attached hydrogen (secondary N) is 1.